The first kappa shape index (κ1) is 17.7. The maximum absolute atomic E-state index is 11.8. The van der Waals surface area contributed by atoms with Gasteiger partial charge in [-0.25, -0.2) is 8.42 Å². The second kappa shape index (κ2) is 7.31. The quantitative estimate of drug-likeness (QED) is 0.648. The van der Waals surface area contributed by atoms with Gasteiger partial charge >= 0.3 is 0 Å². The lowest BCUT2D eigenvalue weighted by atomic mass is 10.1. The Kier molecular flexibility index (Phi) is 5.64. The fourth-order valence-electron chi connectivity index (χ4n) is 2.80. The van der Waals surface area contributed by atoms with Crippen molar-refractivity contribution < 1.29 is 8.42 Å². The monoisotopic (exact) mass is 338 g/mol. The standard InChI is InChI=1S/C16H26N4O2S/c1-12-7-8-14(10-13(12)2)19-16(17)18-11-15-6-4-5-9-20(15)23(3,21)22/h7-8,10,15H,4-6,9,11H2,1-3H3,(H3,17,18,19). The van der Waals surface area contributed by atoms with E-state index in [1.165, 1.54) is 17.4 Å². The largest absolute Gasteiger partial charge is 0.370 e. The molecule has 1 aromatic rings. The molecule has 0 aromatic heterocycles. The summed E-state index contributed by atoms with van der Waals surface area (Å²) in [4.78, 5) is 4.34. The third kappa shape index (κ3) is 4.94. The highest BCUT2D eigenvalue weighted by atomic mass is 32.2. The highest BCUT2D eigenvalue weighted by Crippen LogP contribution is 2.20. The molecule has 0 amide bonds. The molecule has 0 saturated carbocycles. The van der Waals surface area contributed by atoms with Crippen molar-refractivity contribution in [3.05, 3.63) is 29.3 Å². The number of nitrogens with zero attached hydrogens (tertiary/aromatic N) is 2. The zero-order chi connectivity index (χ0) is 17.0. The highest BCUT2D eigenvalue weighted by Gasteiger charge is 2.28. The number of anilines is 1. The highest BCUT2D eigenvalue weighted by molar-refractivity contribution is 7.88. The van der Waals surface area contributed by atoms with E-state index < -0.39 is 10.0 Å². The predicted molar refractivity (Wildman–Crippen MR) is 95.2 cm³/mol. The molecule has 1 heterocycles. The van der Waals surface area contributed by atoms with Crippen molar-refractivity contribution in [1.29, 1.82) is 0 Å². The van der Waals surface area contributed by atoms with Crippen LogP contribution in [-0.4, -0.2) is 44.1 Å². The van der Waals surface area contributed by atoms with Gasteiger partial charge < -0.3 is 11.1 Å². The van der Waals surface area contributed by atoms with Crippen molar-refractivity contribution in [3.63, 3.8) is 0 Å². The van der Waals surface area contributed by atoms with Gasteiger partial charge in [0.15, 0.2) is 5.96 Å². The van der Waals surface area contributed by atoms with E-state index in [0.717, 1.165) is 24.9 Å². The number of sulfonamides is 1. The molecule has 6 nitrogen and oxygen atoms in total. The normalized spacial score (nSPS) is 20.5. The van der Waals surface area contributed by atoms with Crippen molar-refractivity contribution in [2.75, 3.05) is 24.7 Å². The number of aliphatic imine (C=N–C) groups is 1. The maximum atomic E-state index is 11.8. The number of nitrogens with one attached hydrogen (secondary N) is 1. The van der Waals surface area contributed by atoms with Gasteiger partial charge in [0.2, 0.25) is 10.0 Å². The lowest BCUT2D eigenvalue weighted by Gasteiger charge is -2.32. The number of nitrogens with two attached hydrogens (primary N) is 1. The summed E-state index contributed by atoms with van der Waals surface area (Å²) in [6.07, 6.45) is 4.01. The zero-order valence-electron chi connectivity index (χ0n) is 14.0. The molecule has 1 aromatic carbocycles. The van der Waals surface area contributed by atoms with E-state index in [9.17, 15) is 8.42 Å². The molecule has 3 N–H and O–H groups in total. The Hall–Kier alpha value is -1.60. The molecule has 2 rings (SSSR count). The minimum absolute atomic E-state index is 0.0983. The molecule has 1 fully saturated rings. The summed E-state index contributed by atoms with van der Waals surface area (Å²) in [5.41, 5.74) is 9.22. The Balaban J connectivity index is 2.01. The maximum Gasteiger partial charge on any atom is 0.211 e. The summed E-state index contributed by atoms with van der Waals surface area (Å²) in [7, 11) is -3.19. The molecule has 0 spiro atoms. The van der Waals surface area contributed by atoms with Crippen molar-refractivity contribution >= 4 is 21.7 Å². The average Bonchev–Trinajstić information content (AvgIpc) is 2.48. The number of hydrogen-bond donors (Lipinski definition) is 2. The number of piperidine rings is 1. The van der Waals surface area contributed by atoms with Crippen LogP contribution in [0.15, 0.2) is 23.2 Å². The Morgan fingerprint density at radius 1 is 1.35 bits per heavy atom. The lowest BCUT2D eigenvalue weighted by molar-refractivity contribution is 0.259. The minimum atomic E-state index is -3.19. The zero-order valence-corrected chi connectivity index (χ0v) is 14.9. The second-order valence-corrected chi connectivity index (χ2v) is 8.11. The van der Waals surface area contributed by atoms with Crippen molar-refractivity contribution in [2.24, 2.45) is 10.7 Å². The van der Waals surface area contributed by atoms with Gasteiger partial charge in [0, 0.05) is 18.3 Å². The topological polar surface area (TPSA) is 87.8 Å². The van der Waals surface area contributed by atoms with Crippen molar-refractivity contribution in [1.82, 2.24) is 4.31 Å². The van der Waals surface area contributed by atoms with E-state index in [4.69, 9.17) is 5.73 Å². The Morgan fingerprint density at radius 2 is 2.09 bits per heavy atom. The number of guanidine groups is 1. The van der Waals surface area contributed by atoms with Gasteiger partial charge in [-0.3, -0.25) is 4.99 Å². The van der Waals surface area contributed by atoms with E-state index in [-0.39, 0.29) is 6.04 Å². The minimum Gasteiger partial charge on any atom is -0.370 e. The molecule has 1 aliphatic heterocycles. The van der Waals surface area contributed by atoms with E-state index in [2.05, 4.69) is 17.2 Å². The molecule has 1 atom stereocenters. The smallest absolute Gasteiger partial charge is 0.211 e. The first-order chi connectivity index (χ1) is 10.8. The number of benzene rings is 1. The summed E-state index contributed by atoms with van der Waals surface area (Å²) in [6.45, 7) is 5.06. The number of rotatable bonds is 4. The number of aryl methyl sites for hydroxylation is 2. The first-order valence-electron chi connectivity index (χ1n) is 7.88. The fraction of sp³-hybridized carbons (Fsp3) is 0.562. The van der Waals surface area contributed by atoms with Crippen LogP contribution in [0.2, 0.25) is 0 Å². The number of hydrogen-bond acceptors (Lipinski definition) is 3. The molecule has 1 aliphatic rings. The van der Waals surface area contributed by atoms with Crippen LogP contribution in [0, 0.1) is 13.8 Å². The van der Waals surface area contributed by atoms with Gasteiger partial charge in [0.1, 0.15) is 0 Å². The van der Waals surface area contributed by atoms with Gasteiger partial charge in [-0.15, -0.1) is 0 Å². The van der Waals surface area contributed by atoms with Crippen LogP contribution in [0.1, 0.15) is 30.4 Å². The third-order valence-corrected chi connectivity index (χ3v) is 5.58. The molecular weight excluding hydrogens is 312 g/mol. The molecule has 0 radical (unpaired) electrons. The van der Waals surface area contributed by atoms with Crippen LogP contribution >= 0.6 is 0 Å². The summed E-state index contributed by atoms with van der Waals surface area (Å²) < 4.78 is 25.2. The van der Waals surface area contributed by atoms with Crippen LogP contribution in [0.25, 0.3) is 0 Å². The molecule has 23 heavy (non-hydrogen) atoms. The molecule has 1 unspecified atom stereocenters. The summed E-state index contributed by atoms with van der Waals surface area (Å²) in [6, 6.07) is 5.89. The van der Waals surface area contributed by atoms with E-state index in [0.29, 0.717) is 19.0 Å². The molecule has 0 aliphatic carbocycles. The molecule has 0 bridgehead atoms. The van der Waals surface area contributed by atoms with Crippen molar-refractivity contribution in [3.8, 4) is 0 Å². The summed E-state index contributed by atoms with van der Waals surface area (Å²) >= 11 is 0. The van der Waals surface area contributed by atoms with Gasteiger partial charge in [0.25, 0.3) is 0 Å². The Bertz CT molecular complexity index is 685. The van der Waals surface area contributed by atoms with Crippen molar-refractivity contribution in [2.45, 2.75) is 39.2 Å². The van der Waals surface area contributed by atoms with Crippen LogP contribution in [0.4, 0.5) is 5.69 Å². The lowest BCUT2D eigenvalue weighted by Crippen LogP contribution is -2.45. The van der Waals surface area contributed by atoms with E-state index in [1.54, 1.807) is 4.31 Å². The predicted octanol–water partition coefficient (Wildman–Crippen LogP) is 1.84. The third-order valence-electron chi connectivity index (χ3n) is 4.25. The fourth-order valence-corrected chi connectivity index (χ4v) is 3.98. The molecule has 1 saturated heterocycles. The van der Waals surface area contributed by atoms with Crippen LogP contribution in [0.3, 0.4) is 0 Å². The second-order valence-electron chi connectivity index (χ2n) is 6.17. The first-order valence-corrected chi connectivity index (χ1v) is 9.73. The van der Waals surface area contributed by atoms with Gasteiger partial charge in [0.05, 0.1) is 12.8 Å². The van der Waals surface area contributed by atoms with Gasteiger partial charge in [-0.2, -0.15) is 4.31 Å². The average molecular weight is 338 g/mol. The summed E-state index contributed by atoms with van der Waals surface area (Å²) in [5, 5.41) is 3.06. The van der Waals surface area contributed by atoms with E-state index in [1.807, 2.05) is 25.1 Å². The van der Waals surface area contributed by atoms with Crippen LogP contribution in [0.5, 0.6) is 0 Å². The SMILES string of the molecule is Cc1ccc(NC(N)=NCC2CCCCN2S(C)(=O)=O)cc1C. The van der Waals surface area contributed by atoms with Crippen LogP contribution in [-0.2, 0) is 10.0 Å². The van der Waals surface area contributed by atoms with Gasteiger partial charge in [-0.05, 0) is 49.9 Å². The van der Waals surface area contributed by atoms with Gasteiger partial charge in [-0.1, -0.05) is 12.5 Å². The molecule has 128 valence electrons. The Labute approximate surface area is 138 Å². The van der Waals surface area contributed by atoms with E-state index >= 15 is 0 Å². The van der Waals surface area contributed by atoms with Crippen LogP contribution < -0.4 is 11.1 Å². The molecular formula is C16H26N4O2S. The summed E-state index contributed by atoms with van der Waals surface area (Å²) in [5.74, 6) is 0.312. The Morgan fingerprint density at radius 3 is 2.74 bits per heavy atom. The molecule has 7 heteroatoms.